The third-order valence-electron chi connectivity index (χ3n) is 6.05. The number of fused-ring (bicyclic) bond motifs is 3. The number of hydrogen-bond acceptors (Lipinski definition) is 3. The molecule has 4 rings (SSSR count). The molecule has 0 bridgehead atoms. The van der Waals surface area contributed by atoms with Crippen LogP contribution in [0.3, 0.4) is 0 Å². The van der Waals surface area contributed by atoms with Gasteiger partial charge >= 0.3 is 0 Å². The molecule has 3 aromatic carbocycles. The maximum Gasteiger partial charge on any atom is 0.262 e. The van der Waals surface area contributed by atoms with Crippen LogP contribution < -0.4 is 10.7 Å². The minimum absolute atomic E-state index is 0.0962. The molecule has 2 amide bonds. The molecule has 0 radical (unpaired) electrons. The van der Waals surface area contributed by atoms with Gasteiger partial charge in [0.2, 0.25) is 0 Å². The first-order chi connectivity index (χ1) is 16.4. The van der Waals surface area contributed by atoms with Crippen molar-refractivity contribution in [1.29, 1.82) is 0 Å². The Bertz CT molecular complexity index is 1370. The largest absolute Gasteiger partial charge is 0.341 e. The van der Waals surface area contributed by atoms with Crippen LogP contribution in [0.5, 0.6) is 0 Å². The number of aryl methyl sites for hydroxylation is 2. The van der Waals surface area contributed by atoms with Crippen LogP contribution in [-0.4, -0.2) is 28.6 Å². The van der Waals surface area contributed by atoms with Crippen LogP contribution in [0.1, 0.15) is 42.3 Å². The summed E-state index contributed by atoms with van der Waals surface area (Å²) in [4.78, 5) is 25.4. The number of carbonyl (C=O) groups excluding carboxylic acids is 2. The van der Waals surface area contributed by atoms with Gasteiger partial charge in [0.1, 0.15) is 6.04 Å². The van der Waals surface area contributed by atoms with E-state index in [1.54, 1.807) is 18.3 Å². The predicted molar refractivity (Wildman–Crippen MR) is 138 cm³/mol. The van der Waals surface area contributed by atoms with Crippen LogP contribution >= 0.6 is 0 Å². The van der Waals surface area contributed by atoms with Crippen molar-refractivity contribution >= 4 is 39.8 Å². The maximum atomic E-state index is 12.8. The molecule has 1 aromatic heterocycles. The van der Waals surface area contributed by atoms with Crippen LogP contribution in [0.15, 0.2) is 71.8 Å². The van der Waals surface area contributed by atoms with E-state index in [-0.39, 0.29) is 17.7 Å². The van der Waals surface area contributed by atoms with Crippen molar-refractivity contribution < 1.29 is 9.59 Å². The molecule has 4 aromatic rings. The number of benzene rings is 3. The van der Waals surface area contributed by atoms with Crippen molar-refractivity contribution in [3.63, 3.8) is 0 Å². The molecule has 6 nitrogen and oxygen atoms in total. The lowest BCUT2D eigenvalue weighted by Gasteiger charge is -2.20. The fourth-order valence-electron chi connectivity index (χ4n) is 4.20. The van der Waals surface area contributed by atoms with Crippen molar-refractivity contribution in [2.24, 2.45) is 11.0 Å². The van der Waals surface area contributed by atoms with Crippen LogP contribution in [0.25, 0.3) is 21.8 Å². The molecule has 0 aliphatic heterocycles. The second-order valence-electron chi connectivity index (χ2n) is 8.83. The van der Waals surface area contributed by atoms with Crippen LogP contribution in [0.2, 0.25) is 0 Å². The Balaban J connectivity index is 1.49. The quantitative estimate of drug-likeness (QED) is 0.304. The molecule has 1 heterocycles. The van der Waals surface area contributed by atoms with Crippen molar-refractivity contribution in [3.05, 3.63) is 83.4 Å². The Morgan fingerprint density at radius 3 is 2.38 bits per heavy atom. The highest BCUT2D eigenvalue weighted by Crippen LogP contribution is 2.29. The Labute approximate surface area is 199 Å². The zero-order valence-electron chi connectivity index (χ0n) is 20.0. The average molecular weight is 455 g/mol. The first-order valence-electron chi connectivity index (χ1n) is 11.6. The number of amides is 2. The summed E-state index contributed by atoms with van der Waals surface area (Å²) in [6.07, 6.45) is 1.63. The highest BCUT2D eigenvalue weighted by atomic mass is 16.2. The molecule has 6 heteroatoms. The minimum atomic E-state index is -0.698. The fraction of sp³-hybridized carbons (Fsp3) is 0.250. The highest BCUT2D eigenvalue weighted by Gasteiger charge is 2.24. The molecule has 0 aliphatic carbocycles. The van der Waals surface area contributed by atoms with Gasteiger partial charge in [0.25, 0.3) is 11.8 Å². The highest BCUT2D eigenvalue weighted by molar-refractivity contribution is 6.09. The summed E-state index contributed by atoms with van der Waals surface area (Å²) >= 11 is 0. The lowest BCUT2D eigenvalue weighted by atomic mass is 10.0. The Morgan fingerprint density at radius 1 is 0.971 bits per heavy atom. The third-order valence-corrected chi connectivity index (χ3v) is 6.05. The van der Waals surface area contributed by atoms with Gasteiger partial charge in [-0.3, -0.25) is 9.59 Å². The van der Waals surface area contributed by atoms with Crippen molar-refractivity contribution in [2.75, 3.05) is 0 Å². The zero-order valence-corrected chi connectivity index (χ0v) is 20.0. The van der Waals surface area contributed by atoms with Gasteiger partial charge in [-0.05, 0) is 55.7 Å². The first kappa shape index (κ1) is 23.2. The number of carbonyl (C=O) groups is 2. The van der Waals surface area contributed by atoms with E-state index >= 15 is 0 Å². The van der Waals surface area contributed by atoms with Crippen molar-refractivity contribution in [1.82, 2.24) is 15.3 Å². The van der Waals surface area contributed by atoms with Crippen LogP contribution in [0, 0.1) is 12.8 Å². The van der Waals surface area contributed by atoms with Crippen molar-refractivity contribution in [3.8, 4) is 0 Å². The van der Waals surface area contributed by atoms with Crippen LogP contribution in [0.4, 0.5) is 0 Å². The predicted octanol–water partition coefficient (Wildman–Crippen LogP) is 5.03. The van der Waals surface area contributed by atoms with Crippen LogP contribution in [-0.2, 0) is 11.3 Å². The zero-order chi connectivity index (χ0) is 24.2. The van der Waals surface area contributed by atoms with E-state index in [1.807, 2.05) is 51.1 Å². The number of hydrazone groups is 1. The summed E-state index contributed by atoms with van der Waals surface area (Å²) in [6, 6.07) is 21.1. The number of para-hydroxylation sites is 1. The van der Waals surface area contributed by atoms with E-state index < -0.39 is 6.04 Å². The van der Waals surface area contributed by atoms with Crippen molar-refractivity contribution in [2.45, 2.75) is 40.3 Å². The Morgan fingerprint density at radius 2 is 1.68 bits per heavy atom. The normalized spacial score (nSPS) is 12.5. The lowest BCUT2D eigenvalue weighted by molar-refractivity contribution is -0.123. The number of nitrogens with one attached hydrogen (secondary N) is 2. The molecule has 34 heavy (non-hydrogen) atoms. The first-order valence-corrected chi connectivity index (χ1v) is 11.6. The number of aromatic nitrogens is 1. The van der Waals surface area contributed by atoms with Gasteiger partial charge in [0, 0.05) is 33.9 Å². The molecule has 174 valence electrons. The third kappa shape index (κ3) is 4.71. The second-order valence-corrected chi connectivity index (χ2v) is 8.83. The standard InChI is InChI=1S/C28H30N4O2/c1-5-32-24-9-7-6-8-22(24)23-16-20(12-15-25(23)32)17-29-31-28(34)26(18(2)3)30-27(33)21-13-10-19(4)11-14-21/h6-18,26H,5H2,1-4H3,(H,30,33)(H,31,34). The number of rotatable bonds is 7. The summed E-state index contributed by atoms with van der Waals surface area (Å²) in [5.41, 5.74) is 7.44. The topological polar surface area (TPSA) is 75.5 Å². The molecule has 0 saturated carbocycles. The van der Waals surface area contributed by atoms with E-state index in [0.717, 1.165) is 23.1 Å². The molecule has 2 N–H and O–H groups in total. The van der Waals surface area contributed by atoms with E-state index in [0.29, 0.717) is 5.56 Å². The van der Waals surface area contributed by atoms with Gasteiger partial charge < -0.3 is 9.88 Å². The molecule has 1 atom stereocenters. The molecular weight excluding hydrogens is 424 g/mol. The van der Waals surface area contributed by atoms with Gasteiger partial charge in [0.05, 0.1) is 6.21 Å². The Kier molecular flexibility index (Phi) is 6.77. The maximum absolute atomic E-state index is 12.8. The van der Waals surface area contributed by atoms with E-state index in [9.17, 15) is 9.59 Å². The smallest absolute Gasteiger partial charge is 0.262 e. The fourth-order valence-corrected chi connectivity index (χ4v) is 4.20. The number of hydrogen-bond donors (Lipinski definition) is 2. The molecule has 0 aliphatic rings. The van der Waals surface area contributed by atoms with Gasteiger partial charge in [-0.15, -0.1) is 0 Å². The van der Waals surface area contributed by atoms with E-state index in [2.05, 4.69) is 51.6 Å². The van der Waals surface area contributed by atoms with E-state index in [4.69, 9.17) is 0 Å². The molecule has 1 unspecified atom stereocenters. The minimum Gasteiger partial charge on any atom is -0.341 e. The summed E-state index contributed by atoms with van der Waals surface area (Å²) in [5, 5.41) is 9.34. The summed E-state index contributed by atoms with van der Waals surface area (Å²) < 4.78 is 2.29. The van der Waals surface area contributed by atoms with Gasteiger partial charge in [-0.25, -0.2) is 5.43 Å². The van der Waals surface area contributed by atoms with Gasteiger partial charge in [0.15, 0.2) is 0 Å². The number of nitrogens with zero attached hydrogens (tertiary/aromatic N) is 2. The van der Waals surface area contributed by atoms with Gasteiger partial charge in [-0.1, -0.05) is 55.8 Å². The lowest BCUT2D eigenvalue weighted by Crippen LogP contribution is -2.48. The molecule has 0 spiro atoms. The monoisotopic (exact) mass is 454 g/mol. The summed E-state index contributed by atoms with van der Waals surface area (Å²) in [7, 11) is 0. The van der Waals surface area contributed by atoms with E-state index in [1.165, 1.54) is 16.4 Å². The summed E-state index contributed by atoms with van der Waals surface area (Å²) in [6.45, 7) is 8.77. The SMILES string of the molecule is CCn1c2ccccc2c2cc(C=NNC(=O)C(NC(=O)c3ccc(C)cc3)C(C)C)ccc21. The molecular formula is C28H30N4O2. The Hall–Kier alpha value is -3.93. The molecule has 0 saturated heterocycles. The van der Waals surface area contributed by atoms with Gasteiger partial charge in [-0.2, -0.15) is 5.10 Å². The summed E-state index contributed by atoms with van der Waals surface area (Å²) in [5.74, 6) is -0.730. The second kappa shape index (κ2) is 9.91. The average Bonchev–Trinajstić information content (AvgIpc) is 3.15. The molecule has 0 fully saturated rings.